The van der Waals surface area contributed by atoms with Crippen LogP contribution < -0.4 is 14.8 Å². The maximum Gasteiger partial charge on any atom is 0.163 e. The summed E-state index contributed by atoms with van der Waals surface area (Å²) in [4.78, 5) is 0. The van der Waals surface area contributed by atoms with Gasteiger partial charge in [-0.1, -0.05) is 29.3 Å². The first kappa shape index (κ1) is 16.8. The lowest BCUT2D eigenvalue weighted by Crippen LogP contribution is -2.15. The van der Waals surface area contributed by atoms with E-state index >= 15 is 0 Å². The zero-order valence-corrected chi connectivity index (χ0v) is 16.0. The molecule has 2 aromatic carbocycles. The number of anilines is 1. The number of benzene rings is 2. The fraction of sp³-hybridized carbons (Fsp3) is 0.250. The molecule has 3 aromatic rings. The van der Waals surface area contributed by atoms with Gasteiger partial charge < -0.3 is 14.8 Å². The highest BCUT2D eigenvalue weighted by Crippen LogP contribution is 2.36. The molecular formula is C20H17Cl2N3O2. The van der Waals surface area contributed by atoms with E-state index in [4.69, 9.17) is 37.8 Å². The van der Waals surface area contributed by atoms with Crippen LogP contribution in [-0.2, 0) is 12.8 Å². The number of nitrogens with one attached hydrogen (secondary N) is 1. The number of rotatable bonds is 3. The lowest BCUT2D eigenvalue weighted by molar-refractivity contribution is 0.171. The van der Waals surface area contributed by atoms with Crippen molar-refractivity contribution < 1.29 is 9.47 Å². The van der Waals surface area contributed by atoms with Gasteiger partial charge in [-0.25, -0.2) is 4.68 Å². The molecule has 3 heterocycles. The Bertz CT molecular complexity index is 1030. The van der Waals surface area contributed by atoms with Gasteiger partial charge in [-0.15, -0.1) is 0 Å². The number of nitrogens with zero attached hydrogens (tertiary/aromatic N) is 2. The summed E-state index contributed by atoms with van der Waals surface area (Å²) in [5, 5.41) is 9.63. The molecule has 5 rings (SSSR count). The molecule has 0 saturated heterocycles. The van der Waals surface area contributed by atoms with E-state index in [9.17, 15) is 0 Å². The highest BCUT2D eigenvalue weighted by Gasteiger charge is 2.24. The van der Waals surface area contributed by atoms with Crippen molar-refractivity contribution in [1.29, 1.82) is 0 Å². The Morgan fingerprint density at radius 2 is 1.89 bits per heavy atom. The van der Waals surface area contributed by atoms with Crippen molar-refractivity contribution in [2.75, 3.05) is 25.1 Å². The molecule has 0 amide bonds. The Morgan fingerprint density at radius 1 is 1.04 bits per heavy atom. The van der Waals surface area contributed by atoms with E-state index in [1.807, 2.05) is 35.0 Å². The van der Waals surface area contributed by atoms with Crippen LogP contribution in [0.15, 0.2) is 36.4 Å². The number of hydrogen-bond acceptors (Lipinski definition) is 4. The molecule has 27 heavy (non-hydrogen) atoms. The molecule has 1 aromatic heterocycles. The molecule has 2 aliphatic rings. The summed E-state index contributed by atoms with van der Waals surface area (Å²) in [6.45, 7) is 2.04. The van der Waals surface area contributed by atoms with E-state index in [1.54, 1.807) is 6.07 Å². The highest BCUT2D eigenvalue weighted by atomic mass is 35.5. The van der Waals surface area contributed by atoms with E-state index < -0.39 is 0 Å². The summed E-state index contributed by atoms with van der Waals surface area (Å²) in [5.41, 5.74) is 4.21. The second-order valence-corrected chi connectivity index (χ2v) is 7.45. The van der Waals surface area contributed by atoms with Gasteiger partial charge in [0.25, 0.3) is 0 Å². The van der Waals surface area contributed by atoms with E-state index in [0.29, 0.717) is 29.7 Å². The van der Waals surface area contributed by atoms with Crippen LogP contribution in [0.2, 0.25) is 10.0 Å². The number of halogens is 2. The SMILES string of the molecule is Clc1ccc(Cc2nn(-c3ccc4c(c3)OCCO4)c3c2CCN3)c(Cl)c1. The normalized spacial score (nSPS) is 14.7. The quantitative estimate of drug-likeness (QED) is 0.701. The molecule has 5 nitrogen and oxygen atoms in total. The molecule has 0 spiro atoms. The Balaban J connectivity index is 1.54. The van der Waals surface area contributed by atoms with E-state index in [0.717, 1.165) is 47.2 Å². The number of aromatic nitrogens is 2. The van der Waals surface area contributed by atoms with Crippen LogP contribution in [0.4, 0.5) is 5.82 Å². The highest BCUT2D eigenvalue weighted by molar-refractivity contribution is 6.35. The maximum atomic E-state index is 6.37. The minimum Gasteiger partial charge on any atom is -0.486 e. The first-order valence-corrected chi connectivity index (χ1v) is 9.63. The smallest absolute Gasteiger partial charge is 0.163 e. The fourth-order valence-electron chi connectivity index (χ4n) is 3.58. The van der Waals surface area contributed by atoms with Gasteiger partial charge in [0.05, 0.1) is 11.4 Å². The monoisotopic (exact) mass is 401 g/mol. The van der Waals surface area contributed by atoms with Crippen LogP contribution in [0, 0.1) is 0 Å². The van der Waals surface area contributed by atoms with Gasteiger partial charge in [-0.3, -0.25) is 0 Å². The molecule has 0 aliphatic carbocycles. The molecule has 0 saturated carbocycles. The van der Waals surface area contributed by atoms with Crippen molar-refractivity contribution in [3.8, 4) is 17.2 Å². The summed E-state index contributed by atoms with van der Waals surface area (Å²) >= 11 is 12.4. The Morgan fingerprint density at radius 3 is 2.74 bits per heavy atom. The van der Waals surface area contributed by atoms with Gasteiger partial charge in [0.2, 0.25) is 0 Å². The molecular weight excluding hydrogens is 385 g/mol. The average molecular weight is 402 g/mol. The number of ether oxygens (including phenoxy) is 2. The van der Waals surface area contributed by atoms with Gasteiger partial charge in [-0.2, -0.15) is 5.10 Å². The predicted octanol–water partition coefficient (Wildman–Crippen LogP) is 4.51. The molecule has 7 heteroatoms. The van der Waals surface area contributed by atoms with Crippen LogP contribution >= 0.6 is 23.2 Å². The Labute approximate surface area is 166 Å². The molecule has 0 radical (unpaired) electrons. The average Bonchev–Trinajstić information content (AvgIpc) is 3.27. The lowest BCUT2D eigenvalue weighted by Gasteiger charge is -2.19. The molecule has 2 aliphatic heterocycles. The van der Waals surface area contributed by atoms with Crippen molar-refractivity contribution >= 4 is 29.0 Å². The van der Waals surface area contributed by atoms with Crippen molar-refractivity contribution in [2.24, 2.45) is 0 Å². The molecule has 0 fully saturated rings. The zero-order chi connectivity index (χ0) is 18.4. The van der Waals surface area contributed by atoms with Crippen LogP contribution in [0.1, 0.15) is 16.8 Å². The van der Waals surface area contributed by atoms with Crippen molar-refractivity contribution in [2.45, 2.75) is 12.8 Å². The van der Waals surface area contributed by atoms with Crippen LogP contribution in [-0.4, -0.2) is 29.5 Å². The standard InChI is InChI=1S/C20H17Cl2N3O2/c21-13-2-1-12(16(22)10-13)9-17-15-5-6-23-20(15)25(24-17)14-3-4-18-19(11-14)27-8-7-26-18/h1-4,10-11,23H,5-9H2. The van der Waals surface area contributed by atoms with Gasteiger partial charge in [0, 0.05) is 34.6 Å². The largest absolute Gasteiger partial charge is 0.486 e. The third-order valence-electron chi connectivity index (χ3n) is 4.88. The zero-order valence-electron chi connectivity index (χ0n) is 14.5. The van der Waals surface area contributed by atoms with Gasteiger partial charge in [-0.05, 0) is 36.2 Å². The summed E-state index contributed by atoms with van der Waals surface area (Å²) in [7, 11) is 0. The van der Waals surface area contributed by atoms with E-state index in [2.05, 4.69) is 5.32 Å². The first-order chi connectivity index (χ1) is 13.2. The lowest BCUT2D eigenvalue weighted by atomic mass is 10.1. The predicted molar refractivity (Wildman–Crippen MR) is 106 cm³/mol. The van der Waals surface area contributed by atoms with Crippen LogP contribution in [0.3, 0.4) is 0 Å². The molecule has 0 atom stereocenters. The number of fused-ring (bicyclic) bond motifs is 2. The summed E-state index contributed by atoms with van der Waals surface area (Å²) in [5.74, 6) is 2.56. The molecule has 138 valence electrons. The number of hydrogen-bond donors (Lipinski definition) is 1. The molecule has 0 unspecified atom stereocenters. The van der Waals surface area contributed by atoms with E-state index in [1.165, 1.54) is 5.56 Å². The van der Waals surface area contributed by atoms with Crippen molar-refractivity contribution in [3.05, 3.63) is 63.3 Å². The van der Waals surface area contributed by atoms with Crippen LogP contribution in [0.25, 0.3) is 5.69 Å². The molecule has 1 N–H and O–H groups in total. The minimum absolute atomic E-state index is 0.562. The second kappa shape index (κ2) is 6.66. The van der Waals surface area contributed by atoms with Crippen LogP contribution in [0.5, 0.6) is 11.5 Å². The van der Waals surface area contributed by atoms with E-state index in [-0.39, 0.29) is 0 Å². The van der Waals surface area contributed by atoms with Gasteiger partial charge >= 0.3 is 0 Å². The third kappa shape index (κ3) is 3.01. The maximum absolute atomic E-state index is 6.37. The second-order valence-electron chi connectivity index (χ2n) is 6.60. The summed E-state index contributed by atoms with van der Waals surface area (Å²) in [6.07, 6.45) is 1.61. The minimum atomic E-state index is 0.562. The van der Waals surface area contributed by atoms with Gasteiger partial charge in [0.15, 0.2) is 11.5 Å². The van der Waals surface area contributed by atoms with Gasteiger partial charge in [0.1, 0.15) is 19.0 Å². The molecule has 0 bridgehead atoms. The van der Waals surface area contributed by atoms with Crippen molar-refractivity contribution in [3.63, 3.8) is 0 Å². The third-order valence-corrected chi connectivity index (χ3v) is 5.46. The Hall–Kier alpha value is -2.37. The fourth-order valence-corrected chi connectivity index (χ4v) is 4.06. The van der Waals surface area contributed by atoms with Crippen molar-refractivity contribution in [1.82, 2.24) is 9.78 Å². The summed E-state index contributed by atoms with van der Waals surface area (Å²) in [6, 6.07) is 11.5. The topological polar surface area (TPSA) is 48.3 Å². The summed E-state index contributed by atoms with van der Waals surface area (Å²) < 4.78 is 13.3. The Kier molecular flexibility index (Phi) is 4.14. The first-order valence-electron chi connectivity index (χ1n) is 8.87.